The van der Waals surface area contributed by atoms with Gasteiger partial charge in [0.2, 0.25) is 5.91 Å². The number of ketones is 1. The third-order valence-corrected chi connectivity index (χ3v) is 13.0. The maximum atomic E-state index is 13.1. The van der Waals surface area contributed by atoms with Crippen molar-refractivity contribution in [3.8, 4) is 0 Å². The van der Waals surface area contributed by atoms with E-state index in [0.717, 1.165) is 69.7 Å². The average molecular weight is 573 g/mol. The Balaban J connectivity index is 1.02. The summed E-state index contributed by atoms with van der Waals surface area (Å²) >= 11 is 0. The van der Waals surface area contributed by atoms with Gasteiger partial charge in [-0.25, -0.2) is 0 Å². The number of allylic oxidation sites excluding steroid dienone is 1. The first-order valence-corrected chi connectivity index (χ1v) is 17.2. The Hall–Kier alpha value is -1.98. The molecule has 1 spiro atoms. The van der Waals surface area contributed by atoms with Gasteiger partial charge in [0.1, 0.15) is 5.78 Å². The van der Waals surface area contributed by atoms with Gasteiger partial charge in [-0.3, -0.25) is 14.5 Å². The van der Waals surface area contributed by atoms with Crippen LogP contribution in [0.25, 0.3) is 0 Å². The maximum Gasteiger partial charge on any atom is 0.234 e. The SMILES string of the molecule is CC1=C2CC3C(CCC4CC(=O)CCC43C)C2CCC2(C1)CC1C(CC(C)CN1CC(=O)NCCc1ccccc1)O2. The molecule has 5 nitrogen and oxygen atoms in total. The minimum atomic E-state index is -0.0727. The zero-order valence-corrected chi connectivity index (χ0v) is 26.2. The highest BCUT2D eigenvalue weighted by atomic mass is 16.5. The predicted molar refractivity (Wildman–Crippen MR) is 166 cm³/mol. The molecular weight excluding hydrogens is 520 g/mol. The van der Waals surface area contributed by atoms with Gasteiger partial charge in [-0.1, -0.05) is 55.3 Å². The minimum Gasteiger partial charge on any atom is -0.370 e. The van der Waals surface area contributed by atoms with E-state index < -0.39 is 0 Å². The number of fused-ring (bicyclic) bond motifs is 6. The Kier molecular flexibility index (Phi) is 7.66. The van der Waals surface area contributed by atoms with Gasteiger partial charge < -0.3 is 10.1 Å². The molecule has 2 aliphatic heterocycles. The van der Waals surface area contributed by atoms with Gasteiger partial charge in [-0.05, 0) is 112 Å². The van der Waals surface area contributed by atoms with E-state index in [9.17, 15) is 9.59 Å². The molecule has 0 aromatic heterocycles. The summed E-state index contributed by atoms with van der Waals surface area (Å²) < 4.78 is 7.14. The van der Waals surface area contributed by atoms with Crippen molar-refractivity contribution in [1.29, 1.82) is 0 Å². The molecular formula is C37H52N2O3. The number of ether oxygens (including phenoxy) is 1. The fourth-order valence-electron chi connectivity index (χ4n) is 10.9. The molecule has 1 aromatic carbocycles. The summed E-state index contributed by atoms with van der Waals surface area (Å²) in [6, 6.07) is 10.7. The lowest BCUT2D eigenvalue weighted by Gasteiger charge is -2.52. The summed E-state index contributed by atoms with van der Waals surface area (Å²) in [5.41, 5.74) is 4.92. The molecule has 228 valence electrons. The summed E-state index contributed by atoms with van der Waals surface area (Å²) in [6.45, 7) is 9.44. The number of amides is 1. The monoisotopic (exact) mass is 572 g/mol. The molecule has 0 radical (unpaired) electrons. The summed E-state index contributed by atoms with van der Waals surface area (Å²) in [5.74, 6) is 4.07. The van der Waals surface area contributed by atoms with Crippen molar-refractivity contribution >= 4 is 11.7 Å². The molecule has 2 saturated heterocycles. The van der Waals surface area contributed by atoms with Gasteiger partial charge in [0.25, 0.3) is 0 Å². The van der Waals surface area contributed by atoms with Crippen LogP contribution in [0.5, 0.6) is 0 Å². The van der Waals surface area contributed by atoms with E-state index >= 15 is 0 Å². The molecule has 7 rings (SSSR count). The molecule has 1 amide bonds. The Morgan fingerprint density at radius 1 is 1.12 bits per heavy atom. The van der Waals surface area contributed by atoms with Gasteiger partial charge in [0, 0.05) is 32.0 Å². The summed E-state index contributed by atoms with van der Waals surface area (Å²) in [6.07, 6.45) is 13.3. The number of nitrogens with one attached hydrogen (secondary N) is 1. The van der Waals surface area contributed by atoms with Crippen LogP contribution in [0.4, 0.5) is 0 Å². The lowest BCUT2D eigenvalue weighted by Crippen LogP contribution is -2.52. The number of carbonyl (C=O) groups excluding carboxylic acids is 2. The molecule has 2 heterocycles. The largest absolute Gasteiger partial charge is 0.370 e. The van der Waals surface area contributed by atoms with E-state index in [2.05, 4.69) is 55.3 Å². The third-order valence-electron chi connectivity index (χ3n) is 13.0. The molecule has 6 aliphatic rings. The molecule has 0 bridgehead atoms. The standard InChI is InChI=1S/C37H52N2O3/c1-24-17-34-33(39(22-24)23-35(41)38-16-13-26-7-5-4-6-8-26)21-37(42-34)15-12-29-30-10-9-27-18-28(40)11-14-36(27,3)32(30)19-31(29)25(2)20-37/h4-8,24,27,29-30,32-34H,9-23H2,1-3H3,(H,38,41). The number of benzene rings is 1. The van der Waals surface area contributed by atoms with Gasteiger partial charge in [-0.2, -0.15) is 0 Å². The zero-order chi connectivity index (χ0) is 29.1. The molecule has 1 aromatic rings. The Morgan fingerprint density at radius 3 is 2.79 bits per heavy atom. The highest BCUT2D eigenvalue weighted by Crippen LogP contribution is 2.64. The smallest absolute Gasteiger partial charge is 0.234 e. The molecule has 4 aliphatic carbocycles. The lowest BCUT2D eigenvalue weighted by molar-refractivity contribution is -0.130. The van der Waals surface area contributed by atoms with Crippen molar-refractivity contribution in [1.82, 2.24) is 10.2 Å². The van der Waals surface area contributed by atoms with Crippen molar-refractivity contribution in [3.63, 3.8) is 0 Å². The predicted octanol–water partition coefficient (Wildman–Crippen LogP) is 6.51. The fourth-order valence-corrected chi connectivity index (χ4v) is 10.9. The molecule has 5 fully saturated rings. The first kappa shape index (κ1) is 28.8. The van der Waals surface area contributed by atoms with Crippen LogP contribution in [0.1, 0.15) is 97.0 Å². The van der Waals surface area contributed by atoms with Gasteiger partial charge >= 0.3 is 0 Å². The Bertz CT molecular complexity index is 1230. The number of likely N-dealkylation sites (tertiary alicyclic amines) is 1. The van der Waals surface area contributed by atoms with Gasteiger partial charge in [0.15, 0.2) is 0 Å². The van der Waals surface area contributed by atoms with Crippen LogP contribution in [-0.4, -0.2) is 54.0 Å². The summed E-state index contributed by atoms with van der Waals surface area (Å²) in [7, 11) is 0. The lowest BCUT2D eigenvalue weighted by atomic mass is 9.52. The van der Waals surface area contributed by atoms with Crippen LogP contribution >= 0.6 is 0 Å². The van der Waals surface area contributed by atoms with Crippen LogP contribution < -0.4 is 5.32 Å². The second-order valence-corrected chi connectivity index (χ2v) is 15.6. The number of hydrogen-bond acceptors (Lipinski definition) is 4. The molecule has 5 heteroatoms. The maximum absolute atomic E-state index is 13.1. The highest BCUT2D eigenvalue weighted by molar-refractivity contribution is 5.79. The van der Waals surface area contributed by atoms with Crippen LogP contribution in [0.3, 0.4) is 0 Å². The third kappa shape index (κ3) is 5.21. The van der Waals surface area contributed by atoms with Crippen molar-refractivity contribution in [2.24, 2.45) is 35.0 Å². The van der Waals surface area contributed by atoms with E-state index in [1.165, 1.54) is 31.2 Å². The van der Waals surface area contributed by atoms with Gasteiger partial charge in [0.05, 0.1) is 18.2 Å². The second kappa shape index (κ2) is 11.2. The first-order valence-electron chi connectivity index (χ1n) is 17.2. The molecule has 3 saturated carbocycles. The average Bonchev–Trinajstić information content (AvgIpc) is 3.48. The molecule has 9 atom stereocenters. The van der Waals surface area contributed by atoms with Crippen LogP contribution in [0.2, 0.25) is 0 Å². The zero-order valence-electron chi connectivity index (χ0n) is 26.2. The minimum absolute atomic E-state index is 0.0727. The van der Waals surface area contributed by atoms with Gasteiger partial charge in [-0.15, -0.1) is 0 Å². The Morgan fingerprint density at radius 2 is 1.95 bits per heavy atom. The Labute approximate surface area is 253 Å². The molecule has 1 N–H and O–H groups in total. The second-order valence-electron chi connectivity index (χ2n) is 15.6. The van der Waals surface area contributed by atoms with Crippen LogP contribution in [0.15, 0.2) is 41.5 Å². The number of carbonyl (C=O) groups is 2. The first-order chi connectivity index (χ1) is 20.2. The molecule has 9 unspecified atom stereocenters. The summed E-state index contributed by atoms with van der Waals surface area (Å²) in [4.78, 5) is 27.8. The number of hydrogen-bond donors (Lipinski definition) is 1. The highest BCUT2D eigenvalue weighted by Gasteiger charge is 2.58. The van der Waals surface area contributed by atoms with Crippen molar-refractivity contribution in [2.45, 2.75) is 116 Å². The van der Waals surface area contributed by atoms with E-state index in [-0.39, 0.29) is 17.6 Å². The van der Waals surface area contributed by atoms with Crippen molar-refractivity contribution in [3.05, 3.63) is 47.0 Å². The van der Waals surface area contributed by atoms with Crippen LogP contribution in [0, 0.1) is 35.0 Å². The fraction of sp³-hybridized carbons (Fsp3) is 0.730. The van der Waals surface area contributed by atoms with E-state index in [1.54, 1.807) is 11.1 Å². The van der Waals surface area contributed by atoms with E-state index in [1.807, 2.05) is 6.07 Å². The van der Waals surface area contributed by atoms with Crippen molar-refractivity contribution < 1.29 is 14.3 Å². The van der Waals surface area contributed by atoms with Crippen molar-refractivity contribution in [2.75, 3.05) is 19.6 Å². The number of rotatable bonds is 5. The summed E-state index contributed by atoms with van der Waals surface area (Å²) in [5, 5.41) is 3.19. The normalized spacial score (nSPS) is 41.6. The number of nitrogens with zero attached hydrogens (tertiary/aromatic N) is 1. The molecule has 42 heavy (non-hydrogen) atoms. The number of Topliss-reactive ketones (excluding diaryl/α,β-unsaturated/α-hetero) is 1. The number of piperidine rings is 1. The quantitative estimate of drug-likeness (QED) is 0.409. The van der Waals surface area contributed by atoms with E-state index in [4.69, 9.17) is 4.74 Å². The topological polar surface area (TPSA) is 58.6 Å². The van der Waals surface area contributed by atoms with E-state index in [0.29, 0.717) is 48.1 Å². The van der Waals surface area contributed by atoms with Crippen LogP contribution in [-0.2, 0) is 20.7 Å².